The van der Waals surface area contributed by atoms with E-state index in [-0.39, 0.29) is 80.7 Å². The van der Waals surface area contributed by atoms with Crippen LogP contribution in [0.3, 0.4) is 0 Å². The van der Waals surface area contributed by atoms with Gasteiger partial charge in [-0.2, -0.15) is 4.31 Å². The Bertz CT molecular complexity index is 3230. The van der Waals surface area contributed by atoms with Crippen molar-refractivity contribution in [2.75, 3.05) is 49.5 Å². The average molecular weight is 1060 g/mol. The fourth-order valence-corrected chi connectivity index (χ4v) is 15.1. The number of pyridine rings is 1. The molecule has 1 amide bonds. The first kappa shape index (κ1) is 50.3. The quantitative estimate of drug-likeness (QED) is 0.0642. The molecule has 2 aromatic heterocycles. The second-order valence-corrected chi connectivity index (χ2v) is 26.0. The zero-order chi connectivity index (χ0) is 51.9. The molecule has 18 nitrogen and oxygen atoms in total. The van der Waals surface area contributed by atoms with Gasteiger partial charge in [0.05, 0.1) is 43.9 Å². The second-order valence-electron chi connectivity index (χ2n) is 22.1. The van der Waals surface area contributed by atoms with Gasteiger partial charge in [0, 0.05) is 74.9 Å². The van der Waals surface area contributed by atoms with Crippen LogP contribution in [0, 0.1) is 27.3 Å². The van der Waals surface area contributed by atoms with Crippen LogP contribution in [0.4, 0.5) is 21.5 Å². The van der Waals surface area contributed by atoms with E-state index in [0.29, 0.717) is 64.4 Å². The average Bonchev–Trinajstić information content (AvgIpc) is 4.18. The zero-order valence-corrected chi connectivity index (χ0v) is 43.4. The van der Waals surface area contributed by atoms with Crippen LogP contribution in [-0.2, 0) is 20.0 Å². The maximum Gasteiger partial charge on any atom is 0.297 e. The van der Waals surface area contributed by atoms with Crippen LogP contribution in [0.15, 0.2) is 78.0 Å². The lowest BCUT2D eigenvalue weighted by molar-refractivity contribution is -0.384. The summed E-state index contributed by atoms with van der Waals surface area (Å²) in [4.78, 5) is 37.1. The second kappa shape index (κ2) is 19.1. The first-order valence-electron chi connectivity index (χ1n) is 25.8. The van der Waals surface area contributed by atoms with E-state index >= 15 is 0 Å². The van der Waals surface area contributed by atoms with Crippen molar-refractivity contribution in [1.29, 1.82) is 0 Å². The van der Waals surface area contributed by atoms with Crippen LogP contribution in [-0.4, -0.2) is 114 Å². The Hall–Kier alpha value is -5.87. The summed E-state index contributed by atoms with van der Waals surface area (Å²) in [6.45, 7) is 9.27. The highest BCUT2D eigenvalue weighted by molar-refractivity contribution is 7.90. The fraction of sp³-hybridized carbons (Fsp3) is 0.509. The summed E-state index contributed by atoms with van der Waals surface area (Å²) in [5.74, 6) is -1.25. The van der Waals surface area contributed by atoms with Crippen LogP contribution in [0.2, 0.25) is 0 Å². The number of amides is 1. The minimum absolute atomic E-state index is 0.0222. The summed E-state index contributed by atoms with van der Waals surface area (Å²) in [6, 6.07) is 16.7. The molecule has 3 aliphatic carbocycles. The van der Waals surface area contributed by atoms with Gasteiger partial charge >= 0.3 is 0 Å². The van der Waals surface area contributed by atoms with Crippen molar-refractivity contribution in [3.63, 3.8) is 0 Å². The number of aromatic amines is 1. The Labute approximate surface area is 430 Å². The molecule has 0 unspecified atom stereocenters. The Morgan fingerprint density at radius 1 is 0.986 bits per heavy atom. The summed E-state index contributed by atoms with van der Waals surface area (Å²) >= 11 is 0. The molecule has 0 bridgehead atoms. The number of sulfonamides is 2. The first-order valence-corrected chi connectivity index (χ1v) is 28.8. The number of piperidine rings is 1. The van der Waals surface area contributed by atoms with Crippen molar-refractivity contribution >= 4 is 54.0 Å². The van der Waals surface area contributed by atoms with E-state index in [1.165, 1.54) is 35.7 Å². The predicted octanol–water partition coefficient (Wildman–Crippen LogP) is 8.36. The van der Waals surface area contributed by atoms with Gasteiger partial charge in [-0.05, 0) is 118 Å². The van der Waals surface area contributed by atoms with E-state index in [0.717, 1.165) is 56.3 Å². The highest BCUT2D eigenvalue weighted by Gasteiger charge is 2.52. The maximum absolute atomic E-state index is 14.7. The lowest BCUT2D eigenvalue weighted by Crippen LogP contribution is -2.60. The minimum Gasteiger partial charge on any atom is -0.489 e. The standard InChI is InChI=1S/C53H63FN8O10S2/c1-32(2)39-6-4-5-7-40(39)46-30-60(74(69,70)37-9-10-37)20-21-61(46)35-26-53(27-35)16-18-59(19-17-53)34-8-11-41(47(22-34)72-36-23-42-43(54)29-56-50(42)55-28-36)51(63)58-73(67,68)38-24-45(62(65)66)49-48(25-38)71-31-44(57-49)33-12-14-52(3,64)15-13-33/h4-8,11,22-25,28-29,32-33,35,37,44,46,57,64H,9-10,12-21,26-27,30-31H2,1-3H3,(H,55,56)(H,58,63)/t33?,44-,46+,52?/m1/s1. The summed E-state index contributed by atoms with van der Waals surface area (Å²) in [5.41, 5.74) is 2.11. The molecule has 11 rings (SSSR count). The van der Waals surface area contributed by atoms with Gasteiger partial charge < -0.3 is 29.8 Å². The number of anilines is 2. The molecule has 0 radical (unpaired) electrons. The molecule has 5 fully saturated rings. The molecule has 74 heavy (non-hydrogen) atoms. The summed E-state index contributed by atoms with van der Waals surface area (Å²) in [6.07, 6.45) is 10.3. The molecular weight excluding hydrogens is 992 g/mol. The number of hydrogen-bond acceptors (Lipinski definition) is 14. The van der Waals surface area contributed by atoms with Gasteiger partial charge in [-0.1, -0.05) is 38.1 Å². The number of fused-ring (bicyclic) bond motifs is 2. The zero-order valence-electron chi connectivity index (χ0n) is 41.8. The summed E-state index contributed by atoms with van der Waals surface area (Å²) < 4.78 is 86.0. The number of piperazine rings is 1. The Morgan fingerprint density at radius 2 is 1.73 bits per heavy atom. The number of carbonyl (C=O) groups is 1. The van der Waals surface area contributed by atoms with E-state index < -0.39 is 52.9 Å². The van der Waals surface area contributed by atoms with E-state index in [4.69, 9.17) is 9.47 Å². The molecule has 4 N–H and O–H groups in total. The third-order valence-electron chi connectivity index (χ3n) is 16.8. The number of nitrogens with one attached hydrogen (secondary N) is 3. The molecule has 2 atom stereocenters. The normalized spacial score (nSPS) is 24.7. The first-order chi connectivity index (χ1) is 35.3. The van der Waals surface area contributed by atoms with Gasteiger partial charge in [-0.3, -0.25) is 19.8 Å². The van der Waals surface area contributed by atoms with Crippen molar-refractivity contribution in [1.82, 2.24) is 23.9 Å². The molecule has 3 aromatic carbocycles. The molecule has 2 saturated heterocycles. The smallest absolute Gasteiger partial charge is 0.297 e. The number of halogens is 1. The highest BCUT2D eigenvalue weighted by atomic mass is 32.2. The number of carbonyl (C=O) groups excluding carboxylic acids is 1. The molecule has 394 valence electrons. The molecule has 3 aliphatic heterocycles. The van der Waals surface area contributed by atoms with Crippen molar-refractivity contribution < 1.29 is 45.5 Å². The highest BCUT2D eigenvalue weighted by Crippen LogP contribution is 2.54. The third-order valence-corrected chi connectivity index (χ3v) is 20.4. The molecule has 1 spiro atoms. The van der Waals surface area contributed by atoms with Crippen molar-refractivity contribution in [3.05, 3.63) is 106 Å². The number of nitro groups is 1. The number of rotatable bonds is 13. The van der Waals surface area contributed by atoms with Gasteiger partial charge in [0.25, 0.3) is 21.6 Å². The number of hydrogen-bond donors (Lipinski definition) is 4. The molecular formula is C53H63FN8O10S2. The lowest BCUT2D eigenvalue weighted by Gasteiger charge is -2.58. The van der Waals surface area contributed by atoms with Gasteiger partial charge in [-0.25, -0.2) is 30.9 Å². The summed E-state index contributed by atoms with van der Waals surface area (Å²) in [5, 5.41) is 26.0. The minimum atomic E-state index is -4.75. The maximum atomic E-state index is 14.7. The lowest BCUT2D eigenvalue weighted by atomic mass is 9.59. The number of aromatic nitrogens is 2. The van der Waals surface area contributed by atoms with Gasteiger partial charge in [0.15, 0.2) is 11.4 Å². The van der Waals surface area contributed by atoms with E-state index in [9.17, 15) is 41.2 Å². The third kappa shape index (κ3) is 9.69. The summed E-state index contributed by atoms with van der Waals surface area (Å²) in [7, 11) is -8.09. The SMILES string of the molecule is CC(C)c1ccccc1[C@@H]1CN(S(=O)(=O)C2CC2)CCN1C1CC2(CCN(c3ccc(C(=O)NS(=O)(=O)c4cc5c(c([N+](=O)[O-])c4)N[C@@H](C4CCC(C)(O)CC4)CO5)c(Oc4cnc5[nH]cc(F)c5c4)c3)CC2)C1. The number of ether oxygens (including phenoxy) is 2. The fourth-order valence-electron chi connectivity index (χ4n) is 12.3. The van der Waals surface area contributed by atoms with E-state index in [1.54, 1.807) is 23.4 Å². The monoisotopic (exact) mass is 1050 g/mol. The molecule has 5 heterocycles. The molecule has 6 aliphatic rings. The van der Waals surface area contributed by atoms with Crippen LogP contribution in [0.25, 0.3) is 11.0 Å². The Morgan fingerprint density at radius 3 is 2.45 bits per heavy atom. The van der Waals surface area contributed by atoms with Crippen LogP contribution >= 0.6 is 0 Å². The van der Waals surface area contributed by atoms with Gasteiger partial charge in [0.1, 0.15) is 29.6 Å². The Kier molecular flexibility index (Phi) is 12.9. The number of benzene rings is 3. The van der Waals surface area contributed by atoms with Crippen molar-refractivity contribution in [2.24, 2.45) is 11.3 Å². The number of aliphatic hydroxyl groups is 1. The Balaban J connectivity index is 0.809. The largest absolute Gasteiger partial charge is 0.489 e. The van der Waals surface area contributed by atoms with Gasteiger partial charge in [0.2, 0.25) is 10.0 Å². The van der Waals surface area contributed by atoms with Crippen LogP contribution in [0.5, 0.6) is 17.2 Å². The van der Waals surface area contributed by atoms with Gasteiger partial charge in [-0.15, -0.1) is 0 Å². The number of H-pyrrole nitrogens is 1. The van der Waals surface area contributed by atoms with Crippen molar-refractivity contribution in [2.45, 2.75) is 125 Å². The molecule has 5 aromatic rings. The van der Waals surface area contributed by atoms with Crippen LogP contribution < -0.4 is 24.4 Å². The molecule has 21 heteroatoms. The van der Waals surface area contributed by atoms with E-state index in [2.05, 4.69) is 67.9 Å². The number of nitrogens with zero attached hydrogens (tertiary/aromatic N) is 5. The van der Waals surface area contributed by atoms with E-state index in [1.807, 2.05) is 0 Å². The number of nitro benzene ring substituents is 1. The van der Waals surface area contributed by atoms with Crippen LogP contribution in [0.1, 0.15) is 118 Å². The topological polar surface area (TPSA) is 230 Å². The molecule has 3 saturated carbocycles. The van der Waals surface area contributed by atoms with Crippen molar-refractivity contribution in [3.8, 4) is 17.2 Å². The predicted molar refractivity (Wildman–Crippen MR) is 276 cm³/mol.